The summed E-state index contributed by atoms with van der Waals surface area (Å²) in [6.07, 6.45) is 5.33. The van der Waals surface area contributed by atoms with Gasteiger partial charge in [0.1, 0.15) is 12.0 Å². The molecule has 0 saturated heterocycles. The second-order valence-corrected chi connectivity index (χ2v) is 6.65. The summed E-state index contributed by atoms with van der Waals surface area (Å²) in [5.41, 5.74) is 7.38. The van der Waals surface area contributed by atoms with Gasteiger partial charge in [0.2, 0.25) is 11.7 Å². The highest BCUT2D eigenvalue weighted by Gasteiger charge is 2.26. The molecule has 0 fully saturated rings. The number of nitrogens with zero attached hydrogens (tertiary/aromatic N) is 6. The van der Waals surface area contributed by atoms with Crippen LogP contribution in [0.2, 0.25) is 0 Å². The van der Waals surface area contributed by atoms with E-state index < -0.39 is 0 Å². The first kappa shape index (κ1) is 18.2. The highest BCUT2D eigenvalue weighted by Crippen LogP contribution is 2.37. The van der Waals surface area contributed by atoms with E-state index in [0.29, 0.717) is 24.6 Å². The Morgan fingerprint density at radius 2 is 2.00 bits per heavy atom. The van der Waals surface area contributed by atoms with E-state index in [4.69, 9.17) is 9.62 Å². The van der Waals surface area contributed by atoms with Gasteiger partial charge in [-0.2, -0.15) is 10.1 Å². The lowest BCUT2D eigenvalue weighted by atomic mass is 10.0. The molecule has 0 atom stereocenters. The largest absolute Gasteiger partial charge is 0.339 e. The zero-order chi connectivity index (χ0) is 19.8. The maximum atomic E-state index is 5.29. The fourth-order valence-corrected chi connectivity index (χ4v) is 3.56. The smallest absolute Gasteiger partial charge is 0.226 e. The number of benzene rings is 1. The number of aromatic nitrogens is 6. The second kappa shape index (κ2) is 7.07. The predicted octanol–water partition coefficient (Wildman–Crippen LogP) is 4.12. The van der Waals surface area contributed by atoms with E-state index in [1.807, 2.05) is 38.8 Å². The molecule has 7 nitrogen and oxygen atoms in total. The van der Waals surface area contributed by atoms with Gasteiger partial charge in [0.15, 0.2) is 0 Å². The van der Waals surface area contributed by atoms with Crippen LogP contribution in [0.1, 0.15) is 43.5 Å². The number of aryl methyl sites for hydroxylation is 3. The van der Waals surface area contributed by atoms with Gasteiger partial charge in [-0.1, -0.05) is 37.6 Å². The van der Waals surface area contributed by atoms with Crippen molar-refractivity contribution in [3.05, 3.63) is 53.4 Å². The van der Waals surface area contributed by atoms with Crippen LogP contribution in [-0.2, 0) is 19.9 Å². The van der Waals surface area contributed by atoms with Gasteiger partial charge >= 0.3 is 0 Å². The van der Waals surface area contributed by atoms with E-state index in [-0.39, 0.29) is 0 Å². The minimum atomic E-state index is 0.539. The molecule has 1 aliphatic heterocycles. The number of fused-ring (bicyclic) bond motifs is 5. The zero-order valence-electron chi connectivity index (χ0n) is 16.9. The third kappa shape index (κ3) is 2.83. The van der Waals surface area contributed by atoms with Gasteiger partial charge in [0.25, 0.3) is 0 Å². The molecule has 0 bridgehead atoms. The van der Waals surface area contributed by atoms with Crippen molar-refractivity contribution >= 4 is 0 Å². The summed E-state index contributed by atoms with van der Waals surface area (Å²) in [4.78, 5) is 9.08. The normalized spacial score (nSPS) is 11.8. The molecule has 0 aliphatic carbocycles. The molecule has 4 heterocycles. The Hall–Kier alpha value is -3.22. The summed E-state index contributed by atoms with van der Waals surface area (Å²) in [5.74, 6) is 1.16. The van der Waals surface area contributed by atoms with Crippen LogP contribution in [0.5, 0.6) is 0 Å². The standard InChI is InChI=1S/C19H18N6O.C2H6/c1-4-16-21-19(23-26-16)18-15-8-12-9-24(3)22-17(12)13-7-11(2)5-6-14(13)25(15)10-20-18;1-2/h5-7,9-10H,4,8H2,1-3H3;1-2H3. The Labute approximate surface area is 164 Å². The van der Waals surface area contributed by atoms with Crippen molar-refractivity contribution in [3.63, 3.8) is 0 Å². The van der Waals surface area contributed by atoms with Crippen LogP contribution in [0, 0.1) is 6.92 Å². The molecule has 5 rings (SSSR count). The van der Waals surface area contributed by atoms with Crippen LogP contribution in [0.25, 0.3) is 28.5 Å². The van der Waals surface area contributed by atoms with Crippen LogP contribution in [0.15, 0.2) is 35.2 Å². The monoisotopic (exact) mass is 376 g/mol. The molecule has 0 saturated carbocycles. The summed E-state index contributed by atoms with van der Waals surface area (Å²) >= 11 is 0. The fourth-order valence-electron chi connectivity index (χ4n) is 3.56. The number of rotatable bonds is 2. The molecule has 0 N–H and O–H groups in total. The van der Waals surface area contributed by atoms with Gasteiger partial charge in [-0.3, -0.25) is 4.68 Å². The fraction of sp³-hybridized carbons (Fsp3) is 0.333. The lowest BCUT2D eigenvalue weighted by molar-refractivity contribution is 0.382. The Bertz CT molecular complexity index is 1130. The maximum Gasteiger partial charge on any atom is 0.226 e. The highest BCUT2D eigenvalue weighted by atomic mass is 16.5. The third-order valence-corrected chi connectivity index (χ3v) is 4.78. The quantitative estimate of drug-likeness (QED) is 0.463. The average molecular weight is 376 g/mol. The van der Waals surface area contributed by atoms with Gasteiger partial charge in [-0.25, -0.2) is 4.98 Å². The van der Waals surface area contributed by atoms with Crippen molar-refractivity contribution in [3.8, 4) is 28.5 Å². The van der Waals surface area contributed by atoms with E-state index in [0.717, 1.165) is 28.3 Å². The number of hydrogen-bond acceptors (Lipinski definition) is 5. The van der Waals surface area contributed by atoms with Gasteiger partial charge in [-0.15, -0.1) is 0 Å². The van der Waals surface area contributed by atoms with E-state index in [2.05, 4.69) is 51.0 Å². The first-order valence-corrected chi connectivity index (χ1v) is 9.67. The van der Waals surface area contributed by atoms with E-state index >= 15 is 0 Å². The van der Waals surface area contributed by atoms with E-state index in [1.165, 1.54) is 11.1 Å². The van der Waals surface area contributed by atoms with Crippen molar-refractivity contribution in [2.45, 2.75) is 40.5 Å². The molecule has 0 unspecified atom stereocenters. The topological polar surface area (TPSA) is 74.6 Å². The van der Waals surface area contributed by atoms with Crippen molar-refractivity contribution < 1.29 is 4.52 Å². The minimum absolute atomic E-state index is 0.539. The second-order valence-electron chi connectivity index (χ2n) is 6.65. The summed E-state index contributed by atoms with van der Waals surface area (Å²) in [6, 6.07) is 6.41. The molecule has 3 aromatic heterocycles. The first-order valence-electron chi connectivity index (χ1n) is 9.67. The Balaban J connectivity index is 0.000000932. The summed E-state index contributed by atoms with van der Waals surface area (Å²) in [6.45, 7) is 8.09. The van der Waals surface area contributed by atoms with Crippen LogP contribution in [-0.4, -0.2) is 29.5 Å². The van der Waals surface area contributed by atoms with E-state index in [1.54, 1.807) is 0 Å². The SMILES string of the molecule is CC.CCc1nc(-c2ncn3c2Cc2cn(C)nc2-c2cc(C)ccc2-3)no1. The van der Waals surface area contributed by atoms with Gasteiger partial charge in [0, 0.05) is 37.2 Å². The molecule has 0 amide bonds. The summed E-state index contributed by atoms with van der Waals surface area (Å²) in [5, 5.41) is 8.83. The van der Waals surface area contributed by atoms with Crippen LogP contribution in [0.4, 0.5) is 0 Å². The van der Waals surface area contributed by atoms with Gasteiger partial charge < -0.3 is 9.09 Å². The van der Waals surface area contributed by atoms with Crippen LogP contribution >= 0.6 is 0 Å². The van der Waals surface area contributed by atoms with Gasteiger partial charge in [0.05, 0.1) is 17.1 Å². The average Bonchev–Trinajstić information content (AvgIpc) is 3.40. The number of hydrogen-bond donors (Lipinski definition) is 0. The van der Waals surface area contributed by atoms with Crippen molar-refractivity contribution in [2.24, 2.45) is 7.05 Å². The van der Waals surface area contributed by atoms with Crippen LogP contribution in [0.3, 0.4) is 0 Å². The highest BCUT2D eigenvalue weighted by molar-refractivity contribution is 5.76. The molecule has 28 heavy (non-hydrogen) atoms. The third-order valence-electron chi connectivity index (χ3n) is 4.78. The molecule has 0 radical (unpaired) electrons. The van der Waals surface area contributed by atoms with Crippen LogP contribution < -0.4 is 0 Å². The molecule has 144 valence electrons. The van der Waals surface area contributed by atoms with E-state index in [9.17, 15) is 0 Å². The molecule has 1 aromatic carbocycles. The Morgan fingerprint density at radius 3 is 2.75 bits per heavy atom. The molecular weight excluding hydrogens is 352 g/mol. The predicted molar refractivity (Wildman–Crippen MR) is 107 cm³/mol. The molecule has 4 aromatic rings. The van der Waals surface area contributed by atoms with Crippen molar-refractivity contribution in [1.82, 2.24) is 29.5 Å². The molecule has 7 heteroatoms. The first-order chi connectivity index (χ1) is 13.6. The Morgan fingerprint density at radius 1 is 1.18 bits per heavy atom. The zero-order valence-corrected chi connectivity index (χ0v) is 16.9. The minimum Gasteiger partial charge on any atom is -0.339 e. The van der Waals surface area contributed by atoms with Crippen molar-refractivity contribution in [2.75, 3.05) is 0 Å². The van der Waals surface area contributed by atoms with Crippen molar-refractivity contribution in [1.29, 1.82) is 0 Å². The Kier molecular flexibility index (Phi) is 4.58. The lowest BCUT2D eigenvalue weighted by Crippen LogP contribution is -2.01. The lowest BCUT2D eigenvalue weighted by Gasteiger charge is -2.10. The van der Waals surface area contributed by atoms with Gasteiger partial charge in [-0.05, 0) is 19.1 Å². The molecular formula is C21H24N6O. The maximum absolute atomic E-state index is 5.29. The number of imidazole rings is 1. The molecule has 0 spiro atoms. The summed E-state index contributed by atoms with van der Waals surface area (Å²) < 4.78 is 9.28. The summed E-state index contributed by atoms with van der Waals surface area (Å²) in [7, 11) is 1.95. The molecule has 1 aliphatic rings.